The van der Waals surface area contributed by atoms with Crippen molar-refractivity contribution in [3.63, 3.8) is 0 Å². The molecule has 6 nitrogen and oxygen atoms in total. The lowest BCUT2D eigenvalue weighted by molar-refractivity contribution is -0.144. The first kappa shape index (κ1) is 20.4. The van der Waals surface area contributed by atoms with Crippen LogP contribution in [0.5, 0.6) is 0 Å². The first-order valence-electron chi connectivity index (χ1n) is 10.3. The van der Waals surface area contributed by atoms with E-state index >= 15 is 0 Å². The largest absolute Gasteiger partial charge is 0.466 e. The minimum Gasteiger partial charge on any atom is -0.466 e. The van der Waals surface area contributed by atoms with Gasteiger partial charge in [0.1, 0.15) is 0 Å². The van der Waals surface area contributed by atoms with Crippen molar-refractivity contribution in [1.82, 2.24) is 4.90 Å². The van der Waals surface area contributed by atoms with Crippen LogP contribution in [0.4, 0.5) is 0 Å². The molecule has 1 aliphatic heterocycles. The molecular formula is C22H31N3O3. The third kappa shape index (κ3) is 4.91. The van der Waals surface area contributed by atoms with Gasteiger partial charge in [-0.25, -0.2) is 0 Å². The van der Waals surface area contributed by atoms with Gasteiger partial charge in [-0.15, -0.1) is 0 Å². The average molecular weight is 386 g/mol. The van der Waals surface area contributed by atoms with Crippen molar-refractivity contribution in [2.45, 2.75) is 51.9 Å². The molecule has 6 heteroatoms. The van der Waals surface area contributed by atoms with E-state index in [1.165, 1.54) is 0 Å². The molecule has 1 aliphatic carbocycles. The van der Waals surface area contributed by atoms with Crippen LogP contribution in [0.2, 0.25) is 0 Å². The van der Waals surface area contributed by atoms with Crippen LogP contribution in [-0.4, -0.2) is 42.7 Å². The van der Waals surface area contributed by atoms with E-state index in [4.69, 9.17) is 10.6 Å². The Kier molecular flexibility index (Phi) is 6.70. The van der Waals surface area contributed by atoms with E-state index in [0.717, 1.165) is 57.2 Å². The third-order valence-corrected chi connectivity index (χ3v) is 6.42. The Bertz CT molecular complexity index is 696. The molecule has 0 bridgehead atoms. The molecule has 0 radical (unpaired) electrons. The number of nitrogens with zero attached hydrogens (tertiary/aromatic N) is 2. The summed E-state index contributed by atoms with van der Waals surface area (Å²) in [6.07, 6.45) is 8.74. The summed E-state index contributed by atoms with van der Waals surface area (Å²) >= 11 is 0. The Morgan fingerprint density at radius 2 is 1.82 bits per heavy atom. The van der Waals surface area contributed by atoms with E-state index in [0.29, 0.717) is 29.9 Å². The van der Waals surface area contributed by atoms with E-state index in [2.05, 4.69) is 5.10 Å². The van der Waals surface area contributed by atoms with Crippen molar-refractivity contribution in [3.05, 3.63) is 35.4 Å². The molecule has 1 aromatic rings. The van der Waals surface area contributed by atoms with E-state index in [1.807, 2.05) is 36.1 Å². The second kappa shape index (κ2) is 9.22. The molecule has 2 N–H and O–H groups in total. The molecule has 0 unspecified atom stereocenters. The maximum Gasteiger partial charge on any atom is 0.306 e. The lowest BCUT2D eigenvalue weighted by atomic mass is 9.65. The van der Waals surface area contributed by atoms with Gasteiger partial charge in [0.05, 0.1) is 12.8 Å². The van der Waals surface area contributed by atoms with Gasteiger partial charge < -0.3 is 15.5 Å². The number of amides is 1. The standard InChI is InChI=1S/C22H31N3O3/c1-2-28-20(26)15-17-7-9-22(10-8-17)11-13-25(14-12-22)21(27)19-5-3-18(4-6-19)16-24-23/h3-6,16-17H,2,7-15,23H2,1H3. The van der Waals surface area contributed by atoms with Crippen LogP contribution in [0.3, 0.4) is 0 Å². The summed E-state index contributed by atoms with van der Waals surface area (Å²) in [6, 6.07) is 7.40. The van der Waals surface area contributed by atoms with E-state index in [-0.39, 0.29) is 11.9 Å². The number of hydrogen-bond donors (Lipinski definition) is 1. The van der Waals surface area contributed by atoms with Gasteiger partial charge in [-0.05, 0) is 74.5 Å². The minimum atomic E-state index is -0.0624. The van der Waals surface area contributed by atoms with Gasteiger partial charge in [0.2, 0.25) is 0 Å². The van der Waals surface area contributed by atoms with Crippen molar-refractivity contribution in [3.8, 4) is 0 Å². The quantitative estimate of drug-likeness (QED) is 0.365. The van der Waals surface area contributed by atoms with Gasteiger partial charge in [0, 0.05) is 25.1 Å². The van der Waals surface area contributed by atoms with Crippen molar-refractivity contribution < 1.29 is 14.3 Å². The molecule has 1 aromatic carbocycles. The first-order chi connectivity index (χ1) is 13.5. The number of carbonyl (C=O) groups is 2. The van der Waals surface area contributed by atoms with Crippen LogP contribution in [0, 0.1) is 11.3 Å². The zero-order valence-electron chi connectivity index (χ0n) is 16.7. The van der Waals surface area contributed by atoms with Crippen LogP contribution < -0.4 is 5.84 Å². The van der Waals surface area contributed by atoms with Gasteiger partial charge in [-0.2, -0.15) is 5.10 Å². The summed E-state index contributed by atoms with van der Waals surface area (Å²) in [5, 5.41) is 3.50. The van der Waals surface area contributed by atoms with E-state index < -0.39 is 0 Å². The molecule has 152 valence electrons. The van der Waals surface area contributed by atoms with Gasteiger partial charge >= 0.3 is 5.97 Å². The van der Waals surface area contributed by atoms with Crippen LogP contribution in [-0.2, 0) is 9.53 Å². The Balaban J connectivity index is 1.49. The normalized spacial score (nSPS) is 19.8. The summed E-state index contributed by atoms with van der Waals surface area (Å²) in [5.74, 6) is 5.66. The SMILES string of the molecule is CCOC(=O)CC1CCC2(CC1)CCN(C(=O)c1ccc(C=NN)cc1)CC2. The number of rotatable bonds is 5. The van der Waals surface area contributed by atoms with Crippen molar-refractivity contribution in [2.75, 3.05) is 19.7 Å². The fourth-order valence-electron chi connectivity index (χ4n) is 4.61. The van der Waals surface area contributed by atoms with Gasteiger partial charge in [-0.3, -0.25) is 9.59 Å². The summed E-state index contributed by atoms with van der Waals surface area (Å²) in [5.41, 5.74) is 1.95. The van der Waals surface area contributed by atoms with Gasteiger partial charge in [0.25, 0.3) is 5.91 Å². The number of likely N-dealkylation sites (tertiary alicyclic amines) is 1. The monoisotopic (exact) mass is 385 g/mol. The van der Waals surface area contributed by atoms with Crippen LogP contribution in [0.15, 0.2) is 29.4 Å². The van der Waals surface area contributed by atoms with E-state index in [1.54, 1.807) is 6.21 Å². The summed E-state index contributed by atoms with van der Waals surface area (Å²) in [4.78, 5) is 26.5. The van der Waals surface area contributed by atoms with Gasteiger partial charge in [-0.1, -0.05) is 12.1 Å². The summed E-state index contributed by atoms with van der Waals surface area (Å²) in [6.45, 7) is 3.94. The van der Waals surface area contributed by atoms with Gasteiger partial charge in [0.15, 0.2) is 0 Å². The Morgan fingerprint density at radius 1 is 1.18 bits per heavy atom. The maximum absolute atomic E-state index is 12.8. The lowest BCUT2D eigenvalue weighted by Crippen LogP contribution is -2.44. The van der Waals surface area contributed by atoms with Crippen molar-refractivity contribution in [2.24, 2.45) is 22.3 Å². The number of benzene rings is 1. The zero-order valence-corrected chi connectivity index (χ0v) is 16.7. The van der Waals surface area contributed by atoms with Crippen molar-refractivity contribution in [1.29, 1.82) is 0 Å². The number of hydrazone groups is 1. The smallest absolute Gasteiger partial charge is 0.306 e. The van der Waals surface area contributed by atoms with Crippen molar-refractivity contribution >= 4 is 18.1 Å². The molecule has 28 heavy (non-hydrogen) atoms. The molecule has 0 aromatic heterocycles. The predicted octanol–water partition coefficient (Wildman–Crippen LogP) is 3.35. The highest BCUT2D eigenvalue weighted by Crippen LogP contribution is 2.47. The topological polar surface area (TPSA) is 85.0 Å². The number of ether oxygens (including phenoxy) is 1. The molecule has 2 fully saturated rings. The lowest BCUT2D eigenvalue weighted by Gasteiger charge is -2.46. The maximum atomic E-state index is 12.8. The molecule has 1 amide bonds. The number of piperidine rings is 1. The number of hydrogen-bond acceptors (Lipinski definition) is 5. The summed E-state index contributed by atoms with van der Waals surface area (Å²) in [7, 11) is 0. The molecule has 1 saturated carbocycles. The molecule has 0 atom stereocenters. The van der Waals surface area contributed by atoms with Crippen LogP contribution in [0.25, 0.3) is 0 Å². The molecular weight excluding hydrogens is 354 g/mol. The molecule has 1 saturated heterocycles. The Hall–Kier alpha value is -2.37. The number of carbonyl (C=O) groups excluding carboxylic acids is 2. The number of nitrogens with two attached hydrogens (primary N) is 1. The highest BCUT2D eigenvalue weighted by molar-refractivity contribution is 5.95. The molecule has 1 spiro atoms. The highest BCUT2D eigenvalue weighted by Gasteiger charge is 2.39. The second-order valence-corrected chi connectivity index (χ2v) is 8.14. The predicted molar refractivity (Wildman–Crippen MR) is 109 cm³/mol. The highest BCUT2D eigenvalue weighted by atomic mass is 16.5. The minimum absolute atomic E-state index is 0.0624. The molecule has 1 heterocycles. The Morgan fingerprint density at radius 3 is 2.39 bits per heavy atom. The number of esters is 1. The van der Waals surface area contributed by atoms with Crippen LogP contribution >= 0.6 is 0 Å². The third-order valence-electron chi connectivity index (χ3n) is 6.42. The molecule has 2 aliphatic rings. The Labute approximate surface area is 167 Å². The van der Waals surface area contributed by atoms with E-state index in [9.17, 15) is 9.59 Å². The molecule has 3 rings (SSSR count). The zero-order chi connectivity index (χ0) is 20.0. The van der Waals surface area contributed by atoms with Crippen LogP contribution in [0.1, 0.15) is 67.8 Å². The summed E-state index contributed by atoms with van der Waals surface area (Å²) < 4.78 is 5.09. The average Bonchev–Trinajstić information content (AvgIpc) is 2.71. The second-order valence-electron chi connectivity index (χ2n) is 8.14. The fraction of sp³-hybridized carbons (Fsp3) is 0.591. The first-order valence-corrected chi connectivity index (χ1v) is 10.3. The fourth-order valence-corrected chi connectivity index (χ4v) is 4.61.